The summed E-state index contributed by atoms with van der Waals surface area (Å²) < 4.78 is 10.7. The Bertz CT molecular complexity index is 569. The fraction of sp³-hybridized carbons (Fsp3) is 0.500. The zero-order valence-corrected chi connectivity index (χ0v) is 10.8. The number of anilines is 3. The van der Waals surface area contributed by atoms with Gasteiger partial charge < -0.3 is 20.8 Å². The van der Waals surface area contributed by atoms with Gasteiger partial charge in [0.2, 0.25) is 5.95 Å². The van der Waals surface area contributed by atoms with E-state index in [9.17, 15) is 9.36 Å². The summed E-state index contributed by atoms with van der Waals surface area (Å²) in [7, 11) is -4.01. The molecule has 2 heterocycles. The first-order chi connectivity index (χ1) is 8.87. The second-order valence-electron chi connectivity index (χ2n) is 3.94. The van der Waals surface area contributed by atoms with Gasteiger partial charge in [-0.25, -0.2) is 5.06 Å². The van der Waals surface area contributed by atoms with Gasteiger partial charge >= 0.3 is 7.60 Å². The lowest BCUT2D eigenvalue weighted by Crippen LogP contribution is -2.24. The molecule has 10 nitrogen and oxygen atoms in total. The summed E-state index contributed by atoms with van der Waals surface area (Å²) in [6.07, 6.45) is -0.0686. The molecule has 11 heteroatoms. The van der Waals surface area contributed by atoms with Crippen LogP contribution in [-0.2, 0) is 9.40 Å². The molecule has 0 aliphatic carbocycles. The van der Waals surface area contributed by atoms with Crippen LogP contribution in [0.15, 0.2) is 4.79 Å². The molecule has 0 aromatic carbocycles. The number of H-pyrrole nitrogens is 1. The number of rotatable bonds is 5. The Morgan fingerprint density at radius 1 is 1.53 bits per heavy atom. The largest absolute Gasteiger partial charge is 0.369 e. The van der Waals surface area contributed by atoms with Gasteiger partial charge in [0.15, 0.2) is 5.82 Å². The quantitative estimate of drug-likeness (QED) is 0.341. The predicted molar refractivity (Wildman–Crippen MR) is 67.7 cm³/mol. The molecule has 19 heavy (non-hydrogen) atoms. The molecule has 0 radical (unpaired) electrons. The standard InChI is InChI=1S/C8H14N5O5P/c9-8-11-6-5(7(14)12-8)10-4-13(6)18-2-1-3-19(15,16)17/h10H,1-4H2,(H2,15,16,17)(H3,9,11,12,14). The minimum absolute atomic E-state index is 0.0312. The number of aromatic nitrogens is 2. The highest BCUT2D eigenvalue weighted by molar-refractivity contribution is 7.51. The summed E-state index contributed by atoms with van der Waals surface area (Å²) in [4.78, 5) is 40.5. The fourth-order valence-electron chi connectivity index (χ4n) is 1.60. The highest BCUT2D eigenvalue weighted by atomic mass is 31.2. The lowest BCUT2D eigenvalue weighted by atomic mass is 10.5. The summed E-state index contributed by atoms with van der Waals surface area (Å²) in [6.45, 7) is 0.311. The van der Waals surface area contributed by atoms with E-state index in [1.54, 1.807) is 0 Å². The van der Waals surface area contributed by atoms with Crippen molar-refractivity contribution in [2.45, 2.75) is 6.42 Å². The van der Waals surface area contributed by atoms with Crippen LogP contribution >= 0.6 is 7.60 Å². The highest BCUT2D eigenvalue weighted by Crippen LogP contribution is 2.35. The van der Waals surface area contributed by atoms with Crippen LogP contribution in [0.5, 0.6) is 0 Å². The minimum atomic E-state index is -4.01. The van der Waals surface area contributed by atoms with Crippen LogP contribution in [0, 0.1) is 0 Å². The van der Waals surface area contributed by atoms with Crippen molar-refractivity contribution < 1.29 is 19.2 Å². The molecule has 0 bridgehead atoms. The lowest BCUT2D eigenvalue weighted by Gasteiger charge is -2.16. The average Bonchev–Trinajstić information content (AvgIpc) is 2.66. The molecule has 6 N–H and O–H groups in total. The van der Waals surface area contributed by atoms with Gasteiger partial charge in [0.05, 0.1) is 12.8 Å². The third kappa shape index (κ3) is 3.44. The van der Waals surface area contributed by atoms with Crippen molar-refractivity contribution in [3.63, 3.8) is 0 Å². The van der Waals surface area contributed by atoms with Crippen molar-refractivity contribution in [1.29, 1.82) is 0 Å². The van der Waals surface area contributed by atoms with E-state index in [2.05, 4.69) is 15.3 Å². The van der Waals surface area contributed by atoms with Crippen molar-refractivity contribution in [2.24, 2.45) is 0 Å². The second-order valence-corrected chi connectivity index (χ2v) is 5.71. The molecule has 0 saturated carbocycles. The van der Waals surface area contributed by atoms with Gasteiger partial charge in [0, 0.05) is 0 Å². The van der Waals surface area contributed by atoms with Crippen molar-refractivity contribution >= 4 is 25.0 Å². The number of nitrogens with two attached hydrogens (primary N) is 1. The molecule has 0 saturated heterocycles. The maximum atomic E-state index is 11.5. The van der Waals surface area contributed by atoms with Crippen molar-refractivity contribution in [1.82, 2.24) is 9.97 Å². The molecule has 2 rings (SSSR count). The van der Waals surface area contributed by atoms with Crippen LogP contribution in [-0.4, -0.2) is 39.2 Å². The van der Waals surface area contributed by atoms with Crippen LogP contribution in [0.3, 0.4) is 0 Å². The SMILES string of the molecule is Nc1nc2c(c(=O)[nH]1)NCN2OCCCP(=O)(O)O. The van der Waals surface area contributed by atoms with E-state index in [4.69, 9.17) is 20.4 Å². The summed E-state index contributed by atoms with van der Waals surface area (Å²) >= 11 is 0. The van der Waals surface area contributed by atoms with E-state index >= 15 is 0 Å². The maximum Gasteiger partial charge on any atom is 0.325 e. The normalized spacial score (nSPS) is 14.3. The monoisotopic (exact) mass is 291 g/mol. The third-order valence-electron chi connectivity index (χ3n) is 2.40. The van der Waals surface area contributed by atoms with E-state index < -0.39 is 13.2 Å². The van der Waals surface area contributed by atoms with Crippen LogP contribution in [0.2, 0.25) is 0 Å². The first-order valence-corrected chi connectivity index (χ1v) is 7.25. The van der Waals surface area contributed by atoms with Gasteiger partial charge in [-0.3, -0.25) is 19.2 Å². The smallest absolute Gasteiger partial charge is 0.325 e. The number of aromatic amines is 1. The third-order valence-corrected chi connectivity index (χ3v) is 3.29. The molecule has 0 unspecified atom stereocenters. The minimum Gasteiger partial charge on any atom is -0.369 e. The molecule has 106 valence electrons. The number of hydrogen-bond acceptors (Lipinski definition) is 7. The van der Waals surface area contributed by atoms with Gasteiger partial charge in [0.25, 0.3) is 5.56 Å². The zero-order chi connectivity index (χ0) is 14.0. The number of fused-ring (bicyclic) bond motifs is 1. The Labute approximate surface area is 107 Å². The zero-order valence-electron chi connectivity index (χ0n) is 9.87. The Kier molecular flexibility index (Phi) is 3.76. The molecule has 0 atom stereocenters. The number of nitrogens with zero attached hydrogens (tertiary/aromatic N) is 2. The molecule has 0 fully saturated rings. The fourth-order valence-corrected chi connectivity index (χ4v) is 2.14. The first kappa shape index (κ1) is 13.8. The predicted octanol–water partition coefficient (Wildman–Crippen LogP) is -0.959. The van der Waals surface area contributed by atoms with Gasteiger partial charge in [-0.1, -0.05) is 0 Å². The van der Waals surface area contributed by atoms with E-state index in [1.165, 1.54) is 5.06 Å². The van der Waals surface area contributed by atoms with Crippen molar-refractivity contribution in [3.05, 3.63) is 10.4 Å². The van der Waals surface area contributed by atoms with E-state index in [0.29, 0.717) is 0 Å². The summed E-state index contributed by atoms with van der Waals surface area (Å²) in [6, 6.07) is 0. The second kappa shape index (κ2) is 5.17. The summed E-state index contributed by atoms with van der Waals surface area (Å²) in [5.41, 5.74) is 5.28. The summed E-state index contributed by atoms with van der Waals surface area (Å²) in [5, 5.41) is 4.11. The average molecular weight is 291 g/mol. The number of nitrogens with one attached hydrogen (secondary N) is 2. The molecule has 1 aliphatic heterocycles. The number of hydroxylamine groups is 1. The Hall–Kier alpha value is -1.61. The number of hydrogen-bond donors (Lipinski definition) is 5. The van der Waals surface area contributed by atoms with Crippen LogP contribution < -0.4 is 21.7 Å². The van der Waals surface area contributed by atoms with Crippen LogP contribution in [0.1, 0.15) is 6.42 Å². The number of nitrogen functional groups attached to an aromatic ring is 1. The maximum absolute atomic E-state index is 11.5. The first-order valence-electron chi connectivity index (χ1n) is 5.45. The van der Waals surface area contributed by atoms with E-state index in [-0.39, 0.29) is 43.3 Å². The molecule has 1 aromatic rings. The Morgan fingerprint density at radius 2 is 2.26 bits per heavy atom. The van der Waals surface area contributed by atoms with E-state index in [0.717, 1.165) is 0 Å². The van der Waals surface area contributed by atoms with Gasteiger partial charge in [-0.05, 0) is 6.42 Å². The van der Waals surface area contributed by atoms with Crippen LogP contribution in [0.4, 0.5) is 17.5 Å². The lowest BCUT2D eigenvalue weighted by molar-refractivity contribution is 0.114. The molecular weight excluding hydrogens is 277 g/mol. The van der Waals surface area contributed by atoms with Gasteiger partial charge in [-0.2, -0.15) is 4.98 Å². The highest BCUT2D eigenvalue weighted by Gasteiger charge is 2.24. The van der Waals surface area contributed by atoms with Crippen LogP contribution in [0.25, 0.3) is 0 Å². The van der Waals surface area contributed by atoms with Gasteiger partial charge in [-0.15, -0.1) is 0 Å². The molecule has 0 spiro atoms. The topological polar surface area (TPSA) is 154 Å². The van der Waals surface area contributed by atoms with Gasteiger partial charge in [0.1, 0.15) is 12.4 Å². The molecule has 1 aliphatic rings. The summed E-state index contributed by atoms with van der Waals surface area (Å²) in [5.74, 6) is 0.230. The van der Waals surface area contributed by atoms with E-state index in [1.807, 2.05) is 0 Å². The molecular formula is C8H14N5O5P. The Morgan fingerprint density at radius 3 is 2.95 bits per heavy atom. The van der Waals surface area contributed by atoms with Crippen molar-refractivity contribution in [2.75, 3.05) is 35.6 Å². The Balaban J connectivity index is 1.96. The molecule has 1 aromatic heterocycles. The van der Waals surface area contributed by atoms with Crippen molar-refractivity contribution in [3.8, 4) is 0 Å². The molecule has 0 amide bonds.